The highest BCUT2D eigenvalue weighted by molar-refractivity contribution is 5.41. The first-order valence-corrected chi connectivity index (χ1v) is 9.52. The van der Waals surface area contributed by atoms with Gasteiger partial charge in [-0.15, -0.1) is 0 Å². The second-order valence-electron chi connectivity index (χ2n) is 7.44. The molecule has 1 atom stereocenters. The summed E-state index contributed by atoms with van der Waals surface area (Å²) in [5.74, 6) is 0.139. The summed E-state index contributed by atoms with van der Waals surface area (Å²) in [5, 5.41) is 0. The van der Waals surface area contributed by atoms with Gasteiger partial charge in [0.15, 0.2) is 0 Å². The van der Waals surface area contributed by atoms with E-state index in [2.05, 4.69) is 11.9 Å². The van der Waals surface area contributed by atoms with E-state index < -0.39 is 17.6 Å². The smallest absolute Gasteiger partial charge is 0.419 e. The molecule has 0 unspecified atom stereocenters. The van der Waals surface area contributed by atoms with Gasteiger partial charge in [0.2, 0.25) is 5.88 Å². The molecular weight excluding hydrogens is 398 g/mol. The number of hydrogen-bond acceptors (Lipinski definition) is 3. The van der Waals surface area contributed by atoms with Gasteiger partial charge in [0.25, 0.3) is 0 Å². The van der Waals surface area contributed by atoms with Crippen molar-refractivity contribution in [3.8, 4) is 17.4 Å². The molecule has 4 rings (SSSR count). The van der Waals surface area contributed by atoms with E-state index in [1.807, 2.05) is 6.07 Å². The van der Waals surface area contributed by atoms with Crippen molar-refractivity contribution in [2.24, 2.45) is 5.92 Å². The summed E-state index contributed by atoms with van der Waals surface area (Å²) in [6.07, 6.45) is -0.849. The van der Waals surface area contributed by atoms with Crippen LogP contribution in [0.25, 0.3) is 0 Å². The number of halogens is 4. The van der Waals surface area contributed by atoms with Crippen molar-refractivity contribution in [2.75, 3.05) is 0 Å². The van der Waals surface area contributed by atoms with Gasteiger partial charge in [-0.2, -0.15) is 13.2 Å². The first-order chi connectivity index (χ1) is 14.3. The third kappa shape index (κ3) is 4.40. The van der Waals surface area contributed by atoms with Gasteiger partial charge in [-0.3, -0.25) is 0 Å². The Morgan fingerprint density at radius 2 is 1.80 bits per heavy atom. The van der Waals surface area contributed by atoms with Crippen LogP contribution in [0, 0.1) is 11.7 Å². The van der Waals surface area contributed by atoms with E-state index in [1.54, 1.807) is 6.20 Å². The molecule has 0 bridgehead atoms. The van der Waals surface area contributed by atoms with E-state index >= 15 is 0 Å². The van der Waals surface area contributed by atoms with E-state index in [9.17, 15) is 17.6 Å². The molecule has 30 heavy (non-hydrogen) atoms. The number of nitrogens with zero attached hydrogens (tertiary/aromatic N) is 1. The van der Waals surface area contributed by atoms with Crippen LogP contribution in [-0.2, 0) is 25.6 Å². The topological polar surface area (TPSA) is 31.4 Å². The summed E-state index contributed by atoms with van der Waals surface area (Å²) in [6, 6.07) is 10.5. The molecular formula is C23H19F4NO2. The molecule has 0 aliphatic heterocycles. The molecule has 0 amide bonds. The second-order valence-corrected chi connectivity index (χ2v) is 7.44. The minimum absolute atomic E-state index is 0.0856. The van der Waals surface area contributed by atoms with Crippen molar-refractivity contribution in [1.29, 1.82) is 0 Å². The Hall–Kier alpha value is -3.09. The standard InChI is InChI=1S/C23H19F4NO2/c1-14-8-15-11-22(28-12-16(15)9-14)29-13-17-10-18(6-7-20(17)24)30-21-5-3-2-4-19(21)23(25,26)27/h2-7,10-12,14H,8-9,13H2,1H3/t14-/m0/s1. The van der Waals surface area contributed by atoms with Crippen molar-refractivity contribution >= 4 is 0 Å². The van der Waals surface area contributed by atoms with E-state index in [0.29, 0.717) is 11.8 Å². The fourth-order valence-electron chi connectivity index (χ4n) is 3.57. The monoisotopic (exact) mass is 417 g/mol. The van der Waals surface area contributed by atoms with Crippen molar-refractivity contribution in [3.05, 3.63) is 82.8 Å². The summed E-state index contributed by atoms with van der Waals surface area (Å²) in [4.78, 5) is 4.26. The Bertz CT molecular complexity index is 1070. The molecule has 1 aromatic heterocycles. The lowest BCUT2D eigenvalue weighted by Gasteiger charge is -2.14. The van der Waals surface area contributed by atoms with Crippen LogP contribution in [0.4, 0.5) is 17.6 Å². The molecule has 7 heteroatoms. The average molecular weight is 417 g/mol. The molecule has 0 radical (unpaired) electrons. The zero-order valence-electron chi connectivity index (χ0n) is 16.2. The van der Waals surface area contributed by atoms with E-state index in [1.165, 1.54) is 41.5 Å². The maximum Gasteiger partial charge on any atom is 0.419 e. The third-order valence-corrected chi connectivity index (χ3v) is 5.01. The molecule has 0 spiro atoms. The van der Waals surface area contributed by atoms with Gasteiger partial charge in [-0.05, 0) is 60.2 Å². The Labute approximate surface area is 171 Å². The van der Waals surface area contributed by atoms with Crippen LogP contribution < -0.4 is 9.47 Å². The summed E-state index contributed by atoms with van der Waals surface area (Å²) in [7, 11) is 0. The fourth-order valence-corrected chi connectivity index (χ4v) is 3.57. The number of benzene rings is 2. The summed E-state index contributed by atoms with van der Waals surface area (Å²) >= 11 is 0. The Morgan fingerprint density at radius 1 is 1.03 bits per heavy atom. The molecule has 0 N–H and O–H groups in total. The number of fused-ring (bicyclic) bond motifs is 1. The van der Waals surface area contributed by atoms with Crippen LogP contribution in [0.3, 0.4) is 0 Å². The first kappa shape index (κ1) is 20.2. The van der Waals surface area contributed by atoms with Crippen LogP contribution >= 0.6 is 0 Å². The van der Waals surface area contributed by atoms with Gasteiger partial charge in [-0.1, -0.05) is 19.1 Å². The molecule has 1 aliphatic carbocycles. The SMILES string of the molecule is C[C@@H]1Cc2cnc(OCc3cc(Oc4ccccc4C(F)(F)F)ccc3F)cc2C1. The molecule has 3 aromatic rings. The van der Waals surface area contributed by atoms with Crippen LogP contribution in [0.1, 0.15) is 29.2 Å². The average Bonchev–Trinajstić information content (AvgIpc) is 3.07. The van der Waals surface area contributed by atoms with Crippen LogP contribution in [-0.4, -0.2) is 4.98 Å². The van der Waals surface area contributed by atoms with Crippen molar-refractivity contribution in [2.45, 2.75) is 32.5 Å². The third-order valence-electron chi connectivity index (χ3n) is 5.01. The predicted octanol–water partition coefficient (Wildman–Crippen LogP) is 6.35. The summed E-state index contributed by atoms with van der Waals surface area (Å²) < 4.78 is 64.7. The maximum atomic E-state index is 14.2. The van der Waals surface area contributed by atoms with E-state index in [-0.39, 0.29) is 23.7 Å². The molecule has 156 valence electrons. The minimum Gasteiger partial charge on any atom is -0.473 e. The van der Waals surface area contributed by atoms with Crippen molar-refractivity contribution in [1.82, 2.24) is 4.98 Å². The zero-order valence-corrected chi connectivity index (χ0v) is 16.2. The quantitative estimate of drug-likeness (QED) is 0.454. The molecule has 0 saturated carbocycles. The lowest BCUT2D eigenvalue weighted by Crippen LogP contribution is -2.07. The lowest BCUT2D eigenvalue weighted by atomic mass is 10.1. The minimum atomic E-state index is -4.56. The van der Waals surface area contributed by atoms with Gasteiger partial charge in [-0.25, -0.2) is 9.37 Å². The Balaban J connectivity index is 1.50. The van der Waals surface area contributed by atoms with Crippen molar-refractivity contribution < 1.29 is 27.0 Å². The number of pyridine rings is 1. The highest BCUT2D eigenvalue weighted by atomic mass is 19.4. The number of para-hydroxylation sites is 1. The maximum absolute atomic E-state index is 14.2. The highest BCUT2D eigenvalue weighted by Gasteiger charge is 2.34. The van der Waals surface area contributed by atoms with Crippen LogP contribution in [0.2, 0.25) is 0 Å². The molecule has 0 fully saturated rings. The largest absolute Gasteiger partial charge is 0.473 e. The van der Waals surface area contributed by atoms with E-state index in [4.69, 9.17) is 9.47 Å². The normalized spacial score (nSPS) is 15.7. The Morgan fingerprint density at radius 3 is 2.60 bits per heavy atom. The summed E-state index contributed by atoms with van der Waals surface area (Å²) in [6.45, 7) is 2.05. The lowest BCUT2D eigenvalue weighted by molar-refractivity contribution is -0.138. The highest BCUT2D eigenvalue weighted by Crippen LogP contribution is 2.38. The summed E-state index contributed by atoms with van der Waals surface area (Å²) in [5.41, 5.74) is 1.63. The van der Waals surface area contributed by atoms with Gasteiger partial charge in [0.05, 0.1) is 5.56 Å². The zero-order chi connectivity index (χ0) is 21.3. The number of hydrogen-bond donors (Lipinski definition) is 0. The number of rotatable bonds is 5. The van der Waals surface area contributed by atoms with E-state index in [0.717, 1.165) is 25.0 Å². The first-order valence-electron chi connectivity index (χ1n) is 9.52. The van der Waals surface area contributed by atoms with Gasteiger partial charge in [0.1, 0.15) is 23.9 Å². The molecule has 2 aromatic carbocycles. The van der Waals surface area contributed by atoms with Crippen LogP contribution in [0.5, 0.6) is 17.4 Å². The van der Waals surface area contributed by atoms with Gasteiger partial charge >= 0.3 is 6.18 Å². The van der Waals surface area contributed by atoms with Gasteiger partial charge < -0.3 is 9.47 Å². The Kier molecular flexibility index (Phi) is 5.37. The fraction of sp³-hybridized carbons (Fsp3) is 0.261. The number of ether oxygens (including phenoxy) is 2. The number of aromatic nitrogens is 1. The number of alkyl halides is 3. The van der Waals surface area contributed by atoms with Crippen LogP contribution in [0.15, 0.2) is 54.7 Å². The van der Waals surface area contributed by atoms with Gasteiger partial charge in [0, 0.05) is 17.8 Å². The van der Waals surface area contributed by atoms with Crippen molar-refractivity contribution in [3.63, 3.8) is 0 Å². The molecule has 3 nitrogen and oxygen atoms in total. The second kappa shape index (κ2) is 7.97. The predicted molar refractivity (Wildman–Crippen MR) is 103 cm³/mol. The molecule has 1 heterocycles. The molecule has 0 saturated heterocycles. The molecule has 1 aliphatic rings.